The van der Waals surface area contributed by atoms with E-state index in [1.807, 2.05) is 66.7 Å². The molecule has 0 heterocycles. The fourth-order valence-electron chi connectivity index (χ4n) is 3.41. The molecule has 150 valence electrons. The molecule has 0 radical (unpaired) electrons. The number of benzene rings is 3. The number of ether oxygens (including phenoxy) is 2. The molecule has 3 rings (SSSR count). The van der Waals surface area contributed by atoms with Gasteiger partial charge in [0.15, 0.2) is 0 Å². The highest BCUT2D eigenvalue weighted by atomic mass is 79.9. The van der Waals surface area contributed by atoms with Gasteiger partial charge in [0, 0.05) is 16.6 Å². The van der Waals surface area contributed by atoms with E-state index in [9.17, 15) is 4.79 Å². The average Bonchev–Trinajstić information content (AvgIpc) is 2.77. The number of halogens is 1. The fourth-order valence-corrected chi connectivity index (χ4v) is 3.68. The molecule has 0 fully saturated rings. The Labute approximate surface area is 180 Å². The second-order valence-electron chi connectivity index (χ2n) is 6.64. The molecule has 0 bridgehead atoms. The molecular formula is C24H24BrNO3. The minimum atomic E-state index is -0.568. The molecule has 3 aromatic rings. The van der Waals surface area contributed by atoms with E-state index in [0.29, 0.717) is 12.3 Å². The van der Waals surface area contributed by atoms with Gasteiger partial charge in [0.25, 0.3) is 0 Å². The Morgan fingerprint density at radius 1 is 0.931 bits per heavy atom. The summed E-state index contributed by atoms with van der Waals surface area (Å²) in [5.74, 6) is -0.226. The smallest absolute Gasteiger partial charge is 0.315 e. The van der Waals surface area contributed by atoms with Gasteiger partial charge in [0.1, 0.15) is 11.7 Å². The average molecular weight is 454 g/mol. The van der Waals surface area contributed by atoms with E-state index in [1.165, 1.54) is 7.11 Å². The van der Waals surface area contributed by atoms with Crippen molar-refractivity contribution >= 4 is 21.9 Å². The van der Waals surface area contributed by atoms with Crippen LogP contribution in [0.5, 0.6) is 5.75 Å². The zero-order valence-corrected chi connectivity index (χ0v) is 18.1. The quantitative estimate of drug-likeness (QED) is 0.473. The zero-order chi connectivity index (χ0) is 20.6. The second-order valence-corrected chi connectivity index (χ2v) is 7.55. The molecule has 0 aliphatic heterocycles. The monoisotopic (exact) mass is 453 g/mol. The molecular weight excluding hydrogens is 430 g/mol. The van der Waals surface area contributed by atoms with Crippen molar-refractivity contribution in [1.29, 1.82) is 0 Å². The third kappa shape index (κ3) is 5.25. The van der Waals surface area contributed by atoms with E-state index in [4.69, 9.17) is 9.47 Å². The van der Waals surface area contributed by atoms with Crippen LogP contribution in [-0.4, -0.2) is 20.2 Å². The molecule has 0 aromatic heterocycles. The lowest BCUT2D eigenvalue weighted by atomic mass is 9.86. The predicted molar refractivity (Wildman–Crippen MR) is 118 cm³/mol. The van der Waals surface area contributed by atoms with Crippen molar-refractivity contribution in [3.8, 4) is 5.75 Å². The number of carbonyl (C=O) groups excluding carboxylic acids is 1. The molecule has 0 saturated carbocycles. The lowest BCUT2D eigenvalue weighted by Gasteiger charge is -2.28. The summed E-state index contributed by atoms with van der Waals surface area (Å²) in [4.78, 5) is 12.9. The van der Waals surface area contributed by atoms with Crippen molar-refractivity contribution in [2.75, 3.05) is 14.2 Å². The lowest BCUT2D eigenvalue weighted by molar-refractivity contribution is -0.143. The summed E-state index contributed by atoms with van der Waals surface area (Å²) in [7, 11) is 3.03. The van der Waals surface area contributed by atoms with Crippen LogP contribution in [0.4, 0.5) is 0 Å². The van der Waals surface area contributed by atoms with E-state index in [0.717, 1.165) is 21.2 Å². The molecule has 2 atom stereocenters. The maximum absolute atomic E-state index is 12.9. The van der Waals surface area contributed by atoms with Crippen LogP contribution in [0, 0.1) is 0 Å². The van der Waals surface area contributed by atoms with Gasteiger partial charge in [-0.05, 0) is 29.3 Å². The number of carbonyl (C=O) groups is 1. The molecule has 1 N–H and O–H groups in total. The summed E-state index contributed by atoms with van der Waals surface area (Å²) in [5, 5.41) is 3.57. The molecule has 0 spiro atoms. The van der Waals surface area contributed by atoms with Gasteiger partial charge in [-0.25, -0.2) is 0 Å². The third-order valence-electron chi connectivity index (χ3n) is 4.86. The van der Waals surface area contributed by atoms with E-state index in [-0.39, 0.29) is 12.0 Å². The van der Waals surface area contributed by atoms with Crippen LogP contribution < -0.4 is 10.1 Å². The van der Waals surface area contributed by atoms with Crippen LogP contribution in [0.3, 0.4) is 0 Å². The van der Waals surface area contributed by atoms with E-state index in [1.54, 1.807) is 7.11 Å². The van der Waals surface area contributed by atoms with Crippen molar-refractivity contribution < 1.29 is 14.3 Å². The summed E-state index contributed by atoms with van der Waals surface area (Å²) >= 11 is 3.49. The first kappa shape index (κ1) is 21.1. The van der Waals surface area contributed by atoms with Crippen molar-refractivity contribution in [1.82, 2.24) is 5.32 Å². The van der Waals surface area contributed by atoms with Crippen LogP contribution in [0.15, 0.2) is 83.3 Å². The second kappa shape index (κ2) is 10.2. The Kier molecular flexibility index (Phi) is 7.44. The lowest BCUT2D eigenvalue weighted by Crippen LogP contribution is -2.32. The summed E-state index contributed by atoms with van der Waals surface area (Å²) in [5.41, 5.74) is 2.92. The summed E-state index contributed by atoms with van der Waals surface area (Å²) in [6.45, 7) is 0.615. The Morgan fingerprint density at radius 3 is 2.24 bits per heavy atom. The van der Waals surface area contributed by atoms with E-state index in [2.05, 4.69) is 33.4 Å². The Hall–Kier alpha value is -2.63. The van der Waals surface area contributed by atoms with Crippen LogP contribution in [-0.2, 0) is 16.1 Å². The van der Waals surface area contributed by atoms with Gasteiger partial charge < -0.3 is 14.8 Å². The molecule has 5 heteroatoms. The SMILES string of the molecule is COC(=O)[C@@H](c1ccccc1OC)[C@H](NCc1ccccc1)c1ccc(Br)cc1. The van der Waals surface area contributed by atoms with Gasteiger partial charge in [-0.3, -0.25) is 4.79 Å². The molecule has 0 aliphatic carbocycles. The van der Waals surface area contributed by atoms with Crippen LogP contribution >= 0.6 is 15.9 Å². The van der Waals surface area contributed by atoms with Crippen LogP contribution in [0.1, 0.15) is 28.7 Å². The highest BCUT2D eigenvalue weighted by molar-refractivity contribution is 9.10. The van der Waals surface area contributed by atoms with Gasteiger partial charge in [-0.1, -0.05) is 76.6 Å². The maximum atomic E-state index is 12.9. The normalized spacial score (nSPS) is 12.8. The van der Waals surface area contributed by atoms with Crippen LogP contribution in [0.25, 0.3) is 0 Å². The molecule has 3 aromatic carbocycles. The maximum Gasteiger partial charge on any atom is 0.315 e. The highest BCUT2D eigenvalue weighted by Gasteiger charge is 2.34. The van der Waals surface area contributed by atoms with Gasteiger partial charge >= 0.3 is 5.97 Å². The number of hydrogen-bond acceptors (Lipinski definition) is 4. The van der Waals surface area contributed by atoms with Crippen molar-refractivity contribution in [2.45, 2.75) is 18.5 Å². The number of methoxy groups -OCH3 is 2. The van der Waals surface area contributed by atoms with Crippen LogP contribution in [0.2, 0.25) is 0 Å². The van der Waals surface area contributed by atoms with Gasteiger partial charge in [-0.2, -0.15) is 0 Å². The molecule has 29 heavy (non-hydrogen) atoms. The topological polar surface area (TPSA) is 47.6 Å². The minimum absolute atomic E-state index is 0.299. The summed E-state index contributed by atoms with van der Waals surface area (Å²) < 4.78 is 11.7. The molecule has 0 unspecified atom stereocenters. The number of para-hydroxylation sites is 1. The molecule has 0 amide bonds. The molecule has 0 aliphatic rings. The minimum Gasteiger partial charge on any atom is -0.496 e. The number of hydrogen-bond donors (Lipinski definition) is 1. The fraction of sp³-hybridized carbons (Fsp3) is 0.208. The highest BCUT2D eigenvalue weighted by Crippen LogP contribution is 2.37. The number of nitrogens with one attached hydrogen (secondary N) is 1. The Balaban J connectivity index is 2.04. The van der Waals surface area contributed by atoms with Crippen molar-refractivity contribution in [3.05, 3.63) is 100 Å². The van der Waals surface area contributed by atoms with E-state index >= 15 is 0 Å². The first-order valence-electron chi connectivity index (χ1n) is 9.37. The zero-order valence-electron chi connectivity index (χ0n) is 16.5. The Bertz CT molecular complexity index is 928. The summed E-state index contributed by atoms with van der Waals surface area (Å²) in [6, 6.07) is 25.4. The first-order chi connectivity index (χ1) is 14.1. The number of rotatable bonds is 8. The molecule has 0 saturated heterocycles. The summed E-state index contributed by atoms with van der Waals surface area (Å²) in [6.07, 6.45) is 0. The van der Waals surface area contributed by atoms with Gasteiger partial charge in [0.2, 0.25) is 0 Å². The molecule has 4 nitrogen and oxygen atoms in total. The first-order valence-corrected chi connectivity index (χ1v) is 10.2. The number of esters is 1. The largest absolute Gasteiger partial charge is 0.496 e. The third-order valence-corrected chi connectivity index (χ3v) is 5.39. The van der Waals surface area contributed by atoms with Crippen molar-refractivity contribution in [2.24, 2.45) is 0 Å². The van der Waals surface area contributed by atoms with Crippen molar-refractivity contribution in [3.63, 3.8) is 0 Å². The van der Waals surface area contributed by atoms with Gasteiger partial charge in [-0.15, -0.1) is 0 Å². The Morgan fingerprint density at radius 2 is 1.59 bits per heavy atom. The van der Waals surface area contributed by atoms with E-state index < -0.39 is 5.92 Å². The predicted octanol–water partition coefficient (Wildman–Crippen LogP) is 5.25. The standard InChI is InChI=1S/C24H24BrNO3/c1-28-21-11-7-6-10-20(21)22(24(27)29-2)23(18-12-14-19(25)15-13-18)26-16-17-8-4-3-5-9-17/h3-15,22-23,26H,16H2,1-2H3/t22-,23+/m0/s1. The van der Waals surface area contributed by atoms with Gasteiger partial charge in [0.05, 0.1) is 20.3 Å².